The van der Waals surface area contributed by atoms with E-state index < -0.39 is 15.4 Å². The lowest BCUT2D eigenvalue weighted by Gasteiger charge is -2.10. The van der Waals surface area contributed by atoms with Gasteiger partial charge in [0, 0.05) is 0 Å². The third-order valence-corrected chi connectivity index (χ3v) is 6.55. The molecule has 0 saturated carbocycles. The Morgan fingerprint density at radius 3 is 1.38 bits per heavy atom. The Morgan fingerprint density at radius 1 is 0.654 bits per heavy atom. The van der Waals surface area contributed by atoms with Crippen LogP contribution in [0.25, 0.3) is 0 Å². The van der Waals surface area contributed by atoms with Crippen LogP contribution in [0.2, 0.25) is 0 Å². The second kappa shape index (κ2) is 17.0. The van der Waals surface area contributed by atoms with Crippen molar-refractivity contribution in [2.24, 2.45) is 0 Å². The number of unbranched alkanes of at least 4 members (excludes halogenated alkanes) is 12. The molecule has 0 aliphatic heterocycles. The molecule has 0 rings (SSSR count). The maximum Gasteiger partial charge on any atom is 0.267 e. The van der Waals surface area contributed by atoms with Gasteiger partial charge in [-0.3, -0.25) is 4.55 Å². The number of hydrogen-bond acceptors (Lipinski definition) is 3. The Hall–Kier alpha value is -0.130. The third kappa shape index (κ3) is 17.3. The summed E-state index contributed by atoms with van der Waals surface area (Å²) < 4.78 is 30.7. The largest absolute Gasteiger partial charge is 0.393 e. The maximum atomic E-state index is 10.9. The Labute approximate surface area is 162 Å². The van der Waals surface area contributed by atoms with Crippen molar-refractivity contribution in [1.29, 1.82) is 0 Å². The van der Waals surface area contributed by atoms with Gasteiger partial charge in [0.05, 0.1) is 11.4 Å². The van der Waals surface area contributed by atoms with Crippen molar-refractivity contribution in [3.8, 4) is 0 Å². The topological polar surface area (TPSA) is 74.6 Å². The van der Waals surface area contributed by atoms with Gasteiger partial charge in [0.2, 0.25) is 0 Å². The van der Waals surface area contributed by atoms with E-state index in [1.807, 2.05) is 0 Å². The molecule has 5 heteroatoms. The van der Waals surface area contributed by atoms with E-state index in [1.54, 1.807) is 6.92 Å². The summed E-state index contributed by atoms with van der Waals surface area (Å²) in [5.41, 5.74) is 0. The molecule has 0 aromatic carbocycles. The van der Waals surface area contributed by atoms with Crippen LogP contribution in [-0.2, 0) is 10.1 Å². The molecule has 0 radical (unpaired) electrons. The van der Waals surface area contributed by atoms with Crippen molar-refractivity contribution in [1.82, 2.24) is 0 Å². The van der Waals surface area contributed by atoms with Gasteiger partial charge in [0.1, 0.15) is 0 Å². The first kappa shape index (κ1) is 25.9. The molecule has 0 aliphatic rings. The lowest BCUT2D eigenvalue weighted by atomic mass is 10.0. The quantitative estimate of drug-likeness (QED) is 0.200. The minimum absolute atomic E-state index is 0.106. The van der Waals surface area contributed by atoms with E-state index in [9.17, 15) is 13.5 Å². The summed E-state index contributed by atoms with van der Waals surface area (Å²) in [7, 11) is -3.85. The monoisotopic (exact) mass is 392 g/mol. The molecule has 2 atom stereocenters. The second-order valence-corrected chi connectivity index (χ2v) is 9.78. The fraction of sp³-hybridized carbons (Fsp3) is 1.00. The zero-order valence-electron chi connectivity index (χ0n) is 17.3. The summed E-state index contributed by atoms with van der Waals surface area (Å²) in [4.78, 5) is 0. The van der Waals surface area contributed by atoms with Crippen molar-refractivity contribution in [2.75, 3.05) is 0 Å². The van der Waals surface area contributed by atoms with Crippen molar-refractivity contribution in [2.45, 2.75) is 134 Å². The van der Waals surface area contributed by atoms with Crippen molar-refractivity contribution in [3.63, 3.8) is 0 Å². The maximum absolute atomic E-state index is 10.9. The van der Waals surface area contributed by atoms with Crippen molar-refractivity contribution < 1.29 is 18.1 Å². The minimum atomic E-state index is -3.85. The fourth-order valence-corrected chi connectivity index (χ4v) is 3.79. The lowest BCUT2D eigenvalue weighted by Crippen LogP contribution is -2.16. The van der Waals surface area contributed by atoms with Gasteiger partial charge in [-0.15, -0.1) is 0 Å². The van der Waals surface area contributed by atoms with E-state index in [-0.39, 0.29) is 6.10 Å². The van der Waals surface area contributed by atoms with Crippen LogP contribution in [0.1, 0.15) is 123 Å². The van der Waals surface area contributed by atoms with Gasteiger partial charge in [-0.2, -0.15) is 8.42 Å². The Balaban J connectivity index is 3.28. The zero-order valence-corrected chi connectivity index (χ0v) is 18.1. The molecular weight excluding hydrogens is 348 g/mol. The first-order chi connectivity index (χ1) is 12.4. The van der Waals surface area contributed by atoms with E-state index in [1.165, 1.54) is 64.2 Å². The highest BCUT2D eigenvalue weighted by molar-refractivity contribution is 7.86. The highest BCUT2D eigenvalue weighted by Crippen LogP contribution is 2.15. The molecule has 2 N–H and O–H groups in total. The van der Waals surface area contributed by atoms with E-state index >= 15 is 0 Å². The van der Waals surface area contributed by atoms with Crippen LogP contribution in [0, 0.1) is 0 Å². The number of rotatable bonds is 19. The highest BCUT2D eigenvalue weighted by atomic mass is 32.2. The van der Waals surface area contributed by atoms with Crippen LogP contribution in [0.5, 0.6) is 0 Å². The van der Waals surface area contributed by atoms with Gasteiger partial charge in [-0.25, -0.2) is 0 Å². The van der Waals surface area contributed by atoms with Crippen LogP contribution >= 0.6 is 0 Å². The molecule has 158 valence electrons. The summed E-state index contributed by atoms with van der Waals surface area (Å²) in [6.45, 7) is 3.80. The number of aliphatic hydroxyl groups is 1. The molecule has 26 heavy (non-hydrogen) atoms. The predicted octanol–water partition coefficient (Wildman–Crippen LogP) is 6.28. The van der Waals surface area contributed by atoms with Crippen LogP contribution in [-0.4, -0.2) is 29.4 Å². The molecular formula is C21H44O4S. The van der Waals surface area contributed by atoms with E-state index in [2.05, 4.69) is 6.92 Å². The molecule has 0 amide bonds. The van der Waals surface area contributed by atoms with Gasteiger partial charge in [-0.1, -0.05) is 96.8 Å². The van der Waals surface area contributed by atoms with E-state index in [0.717, 1.165) is 38.5 Å². The summed E-state index contributed by atoms with van der Waals surface area (Å²) in [6, 6.07) is 0. The number of aliphatic hydroxyl groups excluding tert-OH is 1. The first-order valence-corrected chi connectivity index (χ1v) is 12.5. The molecule has 2 unspecified atom stereocenters. The van der Waals surface area contributed by atoms with Crippen LogP contribution in [0.15, 0.2) is 0 Å². The molecule has 0 heterocycles. The molecule has 0 spiro atoms. The number of hydrogen-bond donors (Lipinski definition) is 2. The van der Waals surface area contributed by atoms with Crippen LogP contribution in [0.4, 0.5) is 0 Å². The normalized spacial score (nSPS) is 14.5. The molecule has 4 nitrogen and oxygen atoms in total. The molecule has 0 bridgehead atoms. The van der Waals surface area contributed by atoms with E-state index in [4.69, 9.17) is 4.55 Å². The summed E-state index contributed by atoms with van der Waals surface area (Å²) in [5.74, 6) is 0. The average molecular weight is 393 g/mol. The summed E-state index contributed by atoms with van der Waals surface area (Å²) in [5, 5.41) is 9.36. The summed E-state index contributed by atoms with van der Waals surface area (Å²) >= 11 is 0. The third-order valence-electron chi connectivity index (χ3n) is 5.30. The molecule has 0 aliphatic carbocycles. The predicted molar refractivity (Wildman–Crippen MR) is 111 cm³/mol. The Kier molecular flexibility index (Phi) is 16.9. The Bertz CT molecular complexity index is 395. The zero-order chi connectivity index (χ0) is 19.7. The fourth-order valence-electron chi connectivity index (χ4n) is 3.33. The van der Waals surface area contributed by atoms with Crippen molar-refractivity contribution in [3.05, 3.63) is 0 Å². The van der Waals surface area contributed by atoms with E-state index in [0.29, 0.717) is 6.42 Å². The van der Waals surface area contributed by atoms with Crippen LogP contribution in [0.3, 0.4) is 0 Å². The highest BCUT2D eigenvalue weighted by Gasteiger charge is 2.15. The average Bonchev–Trinajstić information content (AvgIpc) is 2.58. The van der Waals surface area contributed by atoms with Gasteiger partial charge >= 0.3 is 0 Å². The van der Waals surface area contributed by atoms with Gasteiger partial charge in [0.15, 0.2) is 0 Å². The van der Waals surface area contributed by atoms with Gasteiger partial charge in [0.25, 0.3) is 10.1 Å². The van der Waals surface area contributed by atoms with Crippen molar-refractivity contribution >= 4 is 10.1 Å². The molecule has 0 aromatic rings. The second-order valence-electron chi connectivity index (χ2n) is 7.94. The molecule has 0 fully saturated rings. The molecule has 0 aromatic heterocycles. The van der Waals surface area contributed by atoms with Crippen LogP contribution < -0.4 is 0 Å². The smallest absolute Gasteiger partial charge is 0.267 e. The SMILES string of the molecule is CCCCCCCCC(O)CCCCCCCCCCC(C)S(=O)(=O)O. The standard InChI is InChI=1S/C21H44O4S/c1-3-4-5-6-12-15-18-21(22)19-16-13-10-8-7-9-11-14-17-20(2)26(23,24)25/h20-22H,3-19H2,1-2H3,(H,23,24,25). The Morgan fingerprint density at radius 2 is 1.00 bits per heavy atom. The summed E-state index contributed by atoms with van der Waals surface area (Å²) in [6.07, 6.45) is 19.1. The van der Waals surface area contributed by atoms with Gasteiger partial charge < -0.3 is 5.11 Å². The van der Waals surface area contributed by atoms with Gasteiger partial charge in [-0.05, 0) is 26.2 Å². The molecule has 0 saturated heterocycles. The first-order valence-electron chi connectivity index (χ1n) is 11.0. The lowest BCUT2D eigenvalue weighted by molar-refractivity contribution is 0.147. The minimum Gasteiger partial charge on any atom is -0.393 e.